The largest absolute Gasteiger partial charge is 0.492 e. The lowest BCUT2D eigenvalue weighted by Gasteiger charge is -2.17. The first-order valence-electron chi connectivity index (χ1n) is 9.13. The zero-order valence-electron chi connectivity index (χ0n) is 16.7. The van der Waals surface area contributed by atoms with Gasteiger partial charge < -0.3 is 14.5 Å². The molecule has 0 fully saturated rings. The van der Waals surface area contributed by atoms with E-state index in [1.54, 1.807) is 11.9 Å². The third-order valence-corrected chi connectivity index (χ3v) is 5.31. The minimum Gasteiger partial charge on any atom is -0.492 e. The van der Waals surface area contributed by atoms with Crippen molar-refractivity contribution >= 4 is 22.9 Å². The molecular weight excluding hydrogens is 370 g/mol. The molecule has 0 aliphatic heterocycles. The topological polar surface area (TPSA) is 45.7 Å². The summed E-state index contributed by atoms with van der Waals surface area (Å²) in [4.78, 5) is 21.1. The number of amides is 1. The Morgan fingerprint density at radius 1 is 1.07 bits per heavy atom. The van der Waals surface area contributed by atoms with Crippen molar-refractivity contribution in [1.82, 2.24) is 9.88 Å². The minimum absolute atomic E-state index is 0.127. The molecule has 1 aromatic heterocycles. The van der Waals surface area contributed by atoms with Crippen LogP contribution in [-0.4, -0.2) is 50.1 Å². The van der Waals surface area contributed by atoms with E-state index >= 15 is 0 Å². The molecule has 0 N–H and O–H groups in total. The summed E-state index contributed by atoms with van der Waals surface area (Å²) in [6, 6.07) is 15.6. The van der Waals surface area contributed by atoms with Crippen molar-refractivity contribution in [3.63, 3.8) is 0 Å². The van der Waals surface area contributed by atoms with Crippen LogP contribution in [0.2, 0.25) is 0 Å². The van der Waals surface area contributed by atoms with Crippen LogP contribution >= 0.6 is 11.3 Å². The molecule has 6 heteroatoms. The highest BCUT2D eigenvalue weighted by atomic mass is 32.1. The Hall–Kier alpha value is -2.70. The number of nitrogens with zero attached hydrogens (tertiary/aromatic N) is 3. The summed E-state index contributed by atoms with van der Waals surface area (Å²) >= 11 is 1.49. The lowest BCUT2D eigenvalue weighted by molar-refractivity contribution is 0.0989. The standard InChI is InChI=1S/C22H25N3O2S/c1-16-7-5-6-8-19(16)21-23-20(15-28-21)22(26)25(4)17-9-11-18(12-10-17)27-14-13-24(2)3/h5-12,15H,13-14H2,1-4H3. The van der Waals surface area contributed by atoms with Gasteiger partial charge in [-0.1, -0.05) is 24.3 Å². The number of thiazole rings is 1. The normalized spacial score (nSPS) is 10.9. The predicted octanol–water partition coefficient (Wildman–Crippen LogP) is 4.34. The van der Waals surface area contributed by atoms with Gasteiger partial charge in [0, 0.05) is 30.2 Å². The number of hydrogen-bond donors (Lipinski definition) is 0. The summed E-state index contributed by atoms with van der Waals surface area (Å²) in [7, 11) is 5.78. The number of ether oxygens (including phenoxy) is 1. The highest BCUT2D eigenvalue weighted by Gasteiger charge is 2.18. The maximum atomic E-state index is 12.8. The summed E-state index contributed by atoms with van der Waals surface area (Å²) in [6.07, 6.45) is 0. The third-order valence-electron chi connectivity index (χ3n) is 4.43. The van der Waals surface area contributed by atoms with Crippen LogP contribution in [0.1, 0.15) is 16.1 Å². The summed E-state index contributed by atoms with van der Waals surface area (Å²) in [5.41, 5.74) is 3.47. The van der Waals surface area contributed by atoms with E-state index in [9.17, 15) is 4.79 Å². The molecule has 146 valence electrons. The molecule has 2 aromatic carbocycles. The number of carbonyl (C=O) groups excluding carboxylic acids is 1. The zero-order valence-corrected chi connectivity index (χ0v) is 17.5. The monoisotopic (exact) mass is 395 g/mol. The van der Waals surface area contributed by atoms with E-state index in [1.165, 1.54) is 11.3 Å². The molecule has 0 unspecified atom stereocenters. The van der Waals surface area contributed by atoms with Crippen molar-refractivity contribution in [2.24, 2.45) is 0 Å². The first-order chi connectivity index (χ1) is 13.5. The van der Waals surface area contributed by atoms with Gasteiger partial charge in [0.2, 0.25) is 0 Å². The van der Waals surface area contributed by atoms with Crippen LogP contribution in [-0.2, 0) is 0 Å². The number of aryl methyl sites for hydroxylation is 1. The van der Waals surface area contributed by atoms with E-state index in [1.807, 2.05) is 74.9 Å². The van der Waals surface area contributed by atoms with Gasteiger partial charge in [-0.25, -0.2) is 4.98 Å². The van der Waals surface area contributed by atoms with Crippen molar-refractivity contribution in [3.05, 3.63) is 65.2 Å². The Labute approximate surface area is 170 Å². The number of carbonyl (C=O) groups is 1. The summed E-state index contributed by atoms with van der Waals surface area (Å²) < 4.78 is 5.70. The minimum atomic E-state index is -0.127. The van der Waals surface area contributed by atoms with Crippen LogP contribution in [0.5, 0.6) is 5.75 Å². The number of aromatic nitrogens is 1. The van der Waals surface area contributed by atoms with Gasteiger partial charge in [-0.05, 0) is 50.8 Å². The number of rotatable bonds is 7. The van der Waals surface area contributed by atoms with Crippen molar-refractivity contribution in [1.29, 1.82) is 0 Å². The van der Waals surface area contributed by atoms with Crippen molar-refractivity contribution in [2.45, 2.75) is 6.92 Å². The highest BCUT2D eigenvalue weighted by Crippen LogP contribution is 2.28. The Morgan fingerprint density at radius 3 is 2.46 bits per heavy atom. The van der Waals surface area contributed by atoms with Crippen LogP contribution in [0.4, 0.5) is 5.69 Å². The van der Waals surface area contributed by atoms with Crippen LogP contribution in [0.25, 0.3) is 10.6 Å². The highest BCUT2D eigenvalue weighted by molar-refractivity contribution is 7.13. The van der Waals surface area contributed by atoms with E-state index < -0.39 is 0 Å². The van der Waals surface area contributed by atoms with Crippen molar-refractivity contribution < 1.29 is 9.53 Å². The van der Waals surface area contributed by atoms with E-state index in [0.29, 0.717) is 12.3 Å². The molecule has 5 nitrogen and oxygen atoms in total. The molecule has 0 spiro atoms. The first kappa shape index (κ1) is 20.0. The second kappa shape index (κ2) is 8.99. The van der Waals surface area contributed by atoms with Crippen LogP contribution < -0.4 is 9.64 Å². The lowest BCUT2D eigenvalue weighted by Crippen LogP contribution is -2.26. The SMILES string of the molecule is Cc1ccccc1-c1nc(C(=O)N(C)c2ccc(OCCN(C)C)cc2)cs1. The van der Waals surface area contributed by atoms with Gasteiger partial charge in [-0.15, -0.1) is 11.3 Å². The molecule has 0 bridgehead atoms. The van der Waals surface area contributed by atoms with Gasteiger partial charge in [-0.2, -0.15) is 0 Å². The lowest BCUT2D eigenvalue weighted by atomic mass is 10.1. The molecule has 1 heterocycles. The maximum Gasteiger partial charge on any atom is 0.277 e. The van der Waals surface area contributed by atoms with E-state index in [0.717, 1.165) is 34.1 Å². The number of likely N-dealkylation sites (N-methyl/N-ethyl adjacent to an activating group) is 1. The molecule has 28 heavy (non-hydrogen) atoms. The van der Waals surface area contributed by atoms with Gasteiger partial charge in [-0.3, -0.25) is 4.79 Å². The van der Waals surface area contributed by atoms with E-state index in [4.69, 9.17) is 4.74 Å². The average molecular weight is 396 g/mol. The molecule has 0 saturated heterocycles. The smallest absolute Gasteiger partial charge is 0.277 e. The van der Waals surface area contributed by atoms with Gasteiger partial charge in [0.25, 0.3) is 5.91 Å². The quantitative estimate of drug-likeness (QED) is 0.597. The molecule has 0 saturated carbocycles. The summed E-state index contributed by atoms with van der Waals surface area (Å²) in [5, 5.41) is 2.68. The zero-order chi connectivity index (χ0) is 20.1. The fourth-order valence-electron chi connectivity index (χ4n) is 2.71. The Balaban J connectivity index is 1.68. The van der Waals surface area contributed by atoms with Crippen molar-refractivity contribution in [2.75, 3.05) is 39.2 Å². The molecule has 0 aliphatic rings. The predicted molar refractivity (Wildman–Crippen MR) is 116 cm³/mol. The van der Waals surface area contributed by atoms with Gasteiger partial charge >= 0.3 is 0 Å². The number of anilines is 1. The van der Waals surface area contributed by atoms with Crippen LogP contribution in [0.3, 0.4) is 0 Å². The third kappa shape index (κ3) is 4.77. The average Bonchev–Trinajstić information content (AvgIpc) is 3.17. The fourth-order valence-corrected chi connectivity index (χ4v) is 3.59. The summed E-state index contributed by atoms with van der Waals surface area (Å²) in [5.74, 6) is 0.666. The van der Waals surface area contributed by atoms with Crippen molar-refractivity contribution in [3.8, 4) is 16.3 Å². The van der Waals surface area contributed by atoms with Gasteiger partial charge in [0.1, 0.15) is 23.1 Å². The Bertz CT molecular complexity index is 935. The molecule has 3 rings (SSSR count). The van der Waals surface area contributed by atoms with E-state index in [-0.39, 0.29) is 5.91 Å². The maximum absolute atomic E-state index is 12.8. The molecule has 3 aromatic rings. The molecule has 0 radical (unpaired) electrons. The Morgan fingerprint density at radius 2 is 1.79 bits per heavy atom. The van der Waals surface area contributed by atoms with E-state index in [2.05, 4.69) is 9.88 Å². The number of benzene rings is 2. The molecule has 1 amide bonds. The molecular formula is C22H25N3O2S. The van der Waals surface area contributed by atoms with Crippen LogP contribution in [0.15, 0.2) is 53.9 Å². The fraction of sp³-hybridized carbons (Fsp3) is 0.273. The van der Waals surface area contributed by atoms with Gasteiger partial charge in [0.05, 0.1) is 0 Å². The van der Waals surface area contributed by atoms with Crippen LogP contribution in [0, 0.1) is 6.92 Å². The molecule has 0 aliphatic carbocycles. The van der Waals surface area contributed by atoms with Gasteiger partial charge in [0.15, 0.2) is 0 Å². The Kier molecular flexibility index (Phi) is 6.44. The second-order valence-corrected chi connectivity index (χ2v) is 7.72. The molecule has 0 atom stereocenters. The number of hydrogen-bond acceptors (Lipinski definition) is 5. The second-order valence-electron chi connectivity index (χ2n) is 6.86. The first-order valence-corrected chi connectivity index (χ1v) is 10.0. The summed E-state index contributed by atoms with van der Waals surface area (Å²) in [6.45, 7) is 3.53.